The number of hydrogen-bond acceptors (Lipinski definition) is 6. The standard InChI is InChI=1S/C21H23FN6O3S/c1-14(26(2)3)20-24-25-21(27(20)12-15-7-5-4-6-8-15)32-13-19(29)23-18-11-16(28(30)31)9-10-17(18)22/h4-11,14H,12-13H2,1-3H3,(H,23,29)/p+1/t14-/m1/s1. The van der Waals surface area contributed by atoms with Crippen molar-refractivity contribution >= 4 is 29.0 Å². The Hall–Kier alpha value is -3.31. The van der Waals surface area contributed by atoms with E-state index >= 15 is 0 Å². The molecule has 1 amide bonds. The van der Waals surface area contributed by atoms with Crippen LogP contribution < -0.4 is 10.2 Å². The Morgan fingerprint density at radius 2 is 1.97 bits per heavy atom. The lowest BCUT2D eigenvalue weighted by atomic mass is 10.2. The van der Waals surface area contributed by atoms with Gasteiger partial charge in [0.1, 0.15) is 11.9 Å². The molecule has 3 rings (SSSR count). The summed E-state index contributed by atoms with van der Waals surface area (Å²) in [5.74, 6) is -0.512. The quantitative estimate of drug-likeness (QED) is 0.289. The van der Waals surface area contributed by atoms with Crippen LogP contribution in [0.15, 0.2) is 53.7 Å². The third-order valence-electron chi connectivity index (χ3n) is 4.95. The van der Waals surface area contributed by atoms with E-state index in [2.05, 4.69) is 15.5 Å². The number of amides is 1. The van der Waals surface area contributed by atoms with Crippen LogP contribution in [-0.2, 0) is 11.3 Å². The highest BCUT2D eigenvalue weighted by molar-refractivity contribution is 7.99. The van der Waals surface area contributed by atoms with E-state index in [0.29, 0.717) is 11.7 Å². The zero-order valence-corrected chi connectivity index (χ0v) is 18.7. The molecule has 0 aliphatic heterocycles. The van der Waals surface area contributed by atoms with Gasteiger partial charge in [0.15, 0.2) is 11.0 Å². The number of aromatic nitrogens is 3. The Morgan fingerprint density at radius 3 is 2.62 bits per heavy atom. The molecule has 0 saturated heterocycles. The molecule has 9 nitrogen and oxygen atoms in total. The summed E-state index contributed by atoms with van der Waals surface area (Å²) in [6.07, 6.45) is 0. The van der Waals surface area contributed by atoms with E-state index in [-0.39, 0.29) is 23.2 Å². The van der Waals surface area contributed by atoms with E-state index in [1.807, 2.05) is 55.9 Å². The number of halogens is 1. The fourth-order valence-electron chi connectivity index (χ4n) is 2.94. The number of benzene rings is 2. The molecule has 3 aromatic rings. The smallest absolute Gasteiger partial charge is 0.271 e. The maximum absolute atomic E-state index is 14.0. The van der Waals surface area contributed by atoms with Gasteiger partial charge in [-0.15, -0.1) is 10.2 Å². The van der Waals surface area contributed by atoms with Gasteiger partial charge in [0.25, 0.3) is 5.69 Å². The first-order chi connectivity index (χ1) is 15.3. The van der Waals surface area contributed by atoms with Crippen molar-refractivity contribution in [1.29, 1.82) is 0 Å². The number of rotatable bonds is 9. The fourth-order valence-corrected chi connectivity index (χ4v) is 3.68. The van der Waals surface area contributed by atoms with E-state index in [4.69, 9.17) is 0 Å². The zero-order valence-electron chi connectivity index (χ0n) is 17.9. The average Bonchev–Trinajstić information content (AvgIpc) is 3.16. The number of quaternary nitrogens is 1. The largest absolute Gasteiger partial charge is 0.331 e. The van der Waals surface area contributed by atoms with Crippen LogP contribution in [0.5, 0.6) is 0 Å². The van der Waals surface area contributed by atoms with Crippen molar-refractivity contribution < 1.29 is 19.0 Å². The van der Waals surface area contributed by atoms with E-state index < -0.39 is 16.6 Å². The second kappa shape index (κ2) is 10.3. The second-order valence-electron chi connectivity index (χ2n) is 7.47. The first-order valence-electron chi connectivity index (χ1n) is 9.90. The first-order valence-corrected chi connectivity index (χ1v) is 10.9. The number of hydrogen-bond donors (Lipinski definition) is 2. The van der Waals surface area contributed by atoms with Gasteiger partial charge in [0.2, 0.25) is 5.91 Å². The zero-order chi connectivity index (χ0) is 23.3. The number of nitrogens with one attached hydrogen (secondary N) is 2. The van der Waals surface area contributed by atoms with Crippen LogP contribution in [0, 0.1) is 15.9 Å². The normalized spacial score (nSPS) is 12.0. The number of anilines is 1. The SMILES string of the molecule is C[C@H](c1nnc(SCC(=O)Nc2cc([N+](=O)[O-])ccc2F)n1Cc1ccccc1)[NH+](C)C. The summed E-state index contributed by atoms with van der Waals surface area (Å²) in [4.78, 5) is 23.8. The molecule has 0 fully saturated rings. The molecule has 1 heterocycles. The van der Waals surface area contributed by atoms with Gasteiger partial charge >= 0.3 is 0 Å². The first kappa shape index (κ1) is 23.4. The molecule has 168 valence electrons. The van der Waals surface area contributed by atoms with Crippen molar-refractivity contribution in [3.63, 3.8) is 0 Å². The number of thioether (sulfide) groups is 1. The van der Waals surface area contributed by atoms with E-state index in [1.54, 1.807) is 0 Å². The fraction of sp³-hybridized carbons (Fsp3) is 0.286. The van der Waals surface area contributed by atoms with Crippen molar-refractivity contribution in [3.05, 3.63) is 75.9 Å². The Morgan fingerprint density at radius 1 is 1.25 bits per heavy atom. The summed E-state index contributed by atoms with van der Waals surface area (Å²) in [6, 6.07) is 12.9. The van der Waals surface area contributed by atoms with Crippen LogP contribution >= 0.6 is 11.8 Å². The molecule has 2 aromatic carbocycles. The van der Waals surface area contributed by atoms with Gasteiger partial charge in [-0.05, 0) is 18.6 Å². The molecule has 0 bridgehead atoms. The van der Waals surface area contributed by atoms with Gasteiger partial charge in [-0.25, -0.2) is 4.39 Å². The van der Waals surface area contributed by atoms with Crippen LogP contribution in [0.3, 0.4) is 0 Å². The summed E-state index contributed by atoms with van der Waals surface area (Å²) in [5, 5.41) is 22.5. The minimum absolute atomic E-state index is 0.0573. The van der Waals surface area contributed by atoms with Crippen molar-refractivity contribution in [2.24, 2.45) is 0 Å². The van der Waals surface area contributed by atoms with E-state index in [9.17, 15) is 19.3 Å². The highest BCUT2D eigenvalue weighted by atomic mass is 32.2. The topological polar surface area (TPSA) is 107 Å². The predicted octanol–water partition coefficient (Wildman–Crippen LogP) is 2.31. The van der Waals surface area contributed by atoms with Crippen LogP contribution in [0.4, 0.5) is 15.8 Å². The summed E-state index contributed by atoms with van der Waals surface area (Å²) in [7, 11) is 4.06. The van der Waals surface area contributed by atoms with E-state index in [1.165, 1.54) is 16.7 Å². The van der Waals surface area contributed by atoms with Gasteiger partial charge in [-0.3, -0.25) is 19.5 Å². The average molecular weight is 460 g/mol. The summed E-state index contributed by atoms with van der Waals surface area (Å²) in [6.45, 7) is 2.59. The summed E-state index contributed by atoms with van der Waals surface area (Å²) < 4.78 is 15.9. The van der Waals surface area contributed by atoms with Gasteiger partial charge in [0.05, 0.1) is 37.0 Å². The molecule has 1 aromatic heterocycles. The molecule has 11 heteroatoms. The van der Waals surface area contributed by atoms with Crippen LogP contribution in [0.1, 0.15) is 24.4 Å². The summed E-state index contributed by atoms with van der Waals surface area (Å²) >= 11 is 1.17. The maximum Gasteiger partial charge on any atom is 0.271 e. The van der Waals surface area contributed by atoms with Gasteiger partial charge in [-0.2, -0.15) is 0 Å². The third-order valence-corrected chi connectivity index (χ3v) is 5.92. The van der Waals surface area contributed by atoms with Crippen LogP contribution in [-0.4, -0.2) is 45.4 Å². The van der Waals surface area contributed by atoms with Gasteiger partial charge < -0.3 is 10.2 Å². The number of carbonyl (C=O) groups excluding carboxylic acids is 1. The Kier molecular flexibility index (Phi) is 7.54. The Bertz CT molecular complexity index is 1110. The van der Waals surface area contributed by atoms with Crippen molar-refractivity contribution in [1.82, 2.24) is 14.8 Å². The molecular weight excluding hydrogens is 435 g/mol. The van der Waals surface area contributed by atoms with E-state index in [0.717, 1.165) is 29.6 Å². The molecule has 0 saturated carbocycles. The summed E-state index contributed by atoms with van der Waals surface area (Å²) in [5.41, 5.74) is 0.530. The Labute approximate surface area is 188 Å². The van der Waals surface area contributed by atoms with Crippen molar-refractivity contribution in [3.8, 4) is 0 Å². The predicted molar refractivity (Wildman–Crippen MR) is 119 cm³/mol. The number of carbonyl (C=O) groups is 1. The van der Waals surface area contributed by atoms with Gasteiger partial charge in [0, 0.05) is 12.1 Å². The monoisotopic (exact) mass is 459 g/mol. The van der Waals surface area contributed by atoms with Gasteiger partial charge in [-0.1, -0.05) is 42.1 Å². The Balaban J connectivity index is 1.76. The van der Waals surface area contributed by atoms with Crippen molar-refractivity contribution in [2.45, 2.75) is 24.7 Å². The number of nitrogens with zero attached hydrogens (tertiary/aromatic N) is 4. The van der Waals surface area contributed by atoms with Crippen LogP contribution in [0.25, 0.3) is 0 Å². The third kappa shape index (κ3) is 5.68. The minimum Gasteiger partial charge on any atom is -0.331 e. The molecule has 1 atom stereocenters. The lowest BCUT2D eigenvalue weighted by molar-refractivity contribution is -0.890. The maximum atomic E-state index is 14.0. The molecule has 0 radical (unpaired) electrons. The molecule has 32 heavy (non-hydrogen) atoms. The molecule has 2 N–H and O–H groups in total. The second-order valence-corrected chi connectivity index (χ2v) is 8.41. The highest BCUT2D eigenvalue weighted by Gasteiger charge is 2.23. The lowest BCUT2D eigenvalue weighted by Gasteiger charge is -2.18. The number of non-ortho nitro benzene ring substituents is 1. The molecular formula is C21H24FN6O3S+. The molecule has 0 aliphatic rings. The molecule has 0 aliphatic carbocycles. The van der Waals surface area contributed by atoms with Crippen molar-refractivity contribution in [2.75, 3.05) is 25.2 Å². The molecule has 0 spiro atoms. The highest BCUT2D eigenvalue weighted by Crippen LogP contribution is 2.24. The lowest BCUT2D eigenvalue weighted by Crippen LogP contribution is -3.05. The molecule has 0 unspecified atom stereocenters. The number of nitro groups is 1. The minimum atomic E-state index is -0.744. The number of nitro benzene ring substituents is 1. The van der Waals surface area contributed by atoms with Crippen LogP contribution in [0.2, 0.25) is 0 Å².